The van der Waals surface area contributed by atoms with Crippen molar-refractivity contribution in [2.45, 2.75) is 37.2 Å². The maximum absolute atomic E-state index is 10.7. The molecule has 0 aromatic heterocycles. The van der Waals surface area contributed by atoms with E-state index in [0.29, 0.717) is 5.92 Å². The standard InChI is InChI=1S/C12H16O2S3/c1-8(7-9(2)14-12(13)15)10-5-3-4-6-11(10)17-16/h3-6,8-9,16H,7H2,1-2H3,(H,13,15). The van der Waals surface area contributed by atoms with Crippen LogP contribution >= 0.6 is 35.1 Å². The molecule has 1 rings (SSSR count). The van der Waals surface area contributed by atoms with Crippen LogP contribution in [-0.2, 0) is 4.74 Å². The Balaban J connectivity index is 2.69. The van der Waals surface area contributed by atoms with Crippen molar-refractivity contribution in [1.29, 1.82) is 0 Å². The Hall–Kier alpha value is -0.260. The van der Waals surface area contributed by atoms with E-state index in [9.17, 15) is 4.79 Å². The summed E-state index contributed by atoms with van der Waals surface area (Å²) in [5.41, 5.74) is 1.23. The Morgan fingerprint density at radius 1 is 1.41 bits per heavy atom. The predicted molar refractivity (Wildman–Crippen MR) is 79.2 cm³/mol. The van der Waals surface area contributed by atoms with E-state index in [-0.39, 0.29) is 6.10 Å². The van der Waals surface area contributed by atoms with Crippen molar-refractivity contribution in [3.63, 3.8) is 0 Å². The van der Waals surface area contributed by atoms with E-state index >= 15 is 0 Å². The summed E-state index contributed by atoms with van der Waals surface area (Å²) in [6.45, 7) is 3.99. The Morgan fingerprint density at radius 3 is 2.65 bits per heavy atom. The van der Waals surface area contributed by atoms with Gasteiger partial charge in [-0.25, -0.2) is 4.79 Å². The van der Waals surface area contributed by atoms with Crippen molar-refractivity contribution in [2.24, 2.45) is 0 Å². The number of carbonyl (C=O) groups excluding carboxylic acids is 1. The molecule has 0 fully saturated rings. The number of hydrogen-bond acceptors (Lipinski definition) is 4. The molecule has 1 aromatic rings. The van der Waals surface area contributed by atoms with Crippen LogP contribution in [0.15, 0.2) is 29.2 Å². The highest BCUT2D eigenvalue weighted by molar-refractivity contribution is 8.68. The lowest BCUT2D eigenvalue weighted by atomic mass is 9.95. The molecule has 0 bridgehead atoms. The first-order valence-corrected chi connectivity index (χ1v) is 7.66. The van der Waals surface area contributed by atoms with Gasteiger partial charge in [-0.05, 0) is 30.9 Å². The smallest absolute Gasteiger partial charge is 0.364 e. The molecule has 0 aliphatic rings. The van der Waals surface area contributed by atoms with Gasteiger partial charge in [0, 0.05) is 4.90 Å². The van der Waals surface area contributed by atoms with E-state index in [4.69, 9.17) is 4.74 Å². The fraction of sp³-hybridized carbons (Fsp3) is 0.417. The second-order valence-corrected chi connectivity index (χ2v) is 5.50. The summed E-state index contributed by atoms with van der Waals surface area (Å²) < 4.78 is 5.02. The second kappa shape index (κ2) is 7.24. The maximum Gasteiger partial charge on any atom is 0.364 e. The maximum atomic E-state index is 10.7. The number of thiol groups is 2. The zero-order valence-corrected chi connectivity index (χ0v) is 12.4. The van der Waals surface area contributed by atoms with Crippen LogP contribution in [0.3, 0.4) is 0 Å². The van der Waals surface area contributed by atoms with E-state index in [2.05, 4.69) is 37.3 Å². The molecule has 17 heavy (non-hydrogen) atoms. The van der Waals surface area contributed by atoms with Gasteiger partial charge < -0.3 is 4.74 Å². The molecule has 2 atom stereocenters. The van der Waals surface area contributed by atoms with Crippen molar-refractivity contribution in [3.8, 4) is 0 Å². The minimum Gasteiger partial charge on any atom is -0.455 e. The van der Waals surface area contributed by atoms with Gasteiger partial charge in [0.25, 0.3) is 0 Å². The topological polar surface area (TPSA) is 26.3 Å². The highest BCUT2D eigenvalue weighted by Crippen LogP contribution is 2.32. The van der Waals surface area contributed by atoms with E-state index in [1.807, 2.05) is 25.1 Å². The van der Waals surface area contributed by atoms with E-state index in [1.165, 1.54) is 16.4 Å². The molecule has 0 radical (unpaired) electrons. The average Bonchev–Trinajstić information content (AvgIpc) is 2.27. The molecule has 0 aliphatic carbocycles. The van der Waals surface area contributed by atoms with Crippen LogP contribution in [-0.4, -0.2) is 11.4 Å². The van der Waals surface area contributed by atoms with E-state index in [0.717, 1.165) is 11.3 Å². The van der Waals surface area contributed by atoms with Gasteiger partial charge in [0.2, 0.25) is 0 Å². The van der Waals surface area contributed by atoms with Crippen LogP contribution < -0.4 is 0 Å². The molecule has 2 nitrogen and oxygen atoms in total. The molecule has 2 unspecified atom stereocenters. The van der Waals surface area contributed by atoms with Crippen LogP contribution in [0, 0.1) is 0 Å². The fourth-order valence-electron chi connectivity index (χ4n) is 1.82. The number of hydrogen-bond donors (Lipinski definition) is 2. The average molecular weight is 288 g/mol. The zero-order valence-electron chi connectivity index (χ0n) is 9.79. The molecule has 0 amide bonds. The van der Waals surface area contributed by atoms with Crippen LogP contribution in [0.25, 0.3) is 0 Å². The Bertz CT molecular complexity index is 382. The lowest BCUT2D eigenvalue weighted by Gasteiger charge is -2.19. The quantitative estimate of drug-likeness (QED) is 0.472. The largest absolute Gasteiger partial charge is 0.455 e. The molecule has 0 saturated carbocycles. The summed E-state index contributed by atoms with van der Waals surface area (Å²) in [7, 11) is 1.44. The molecule has 5 heteroatoms. The number of rotatable bonds is 5. The first kappa shape index (κ1) is 14.8. The third-order valence-electron chi connectivity index (χ3n) is 2.54. The van der Waals surface area contributed by atoms with E-state index < -0.39 is 5.30 Å². The normalized spacial score (nSPS) is 14.1. The van der Waals surface area contributed by atoms with Crippen molar-refractivity contribution in [2.75, 3.05) is 0 Å². The summed E-state index contributed by atoms with van der Waals surface area (Å²) in [5, 5.41) is -0.526. The predicted octanol–water partition coefficient (Wildman–Crippen LogP) is 4.57. The molecule has 0 heterocycles. The SMILES string of the molecule is CC(CC(C)c1ccccc1SS)OC(=O)S. The van der Waals surface area contributed by atoms with Crippen LogP contribution in [0.2, 0.25) is 0 Å². The van der Waals surface area contributed by atoms with Gasteiger partial charge in [-0.15, -0.1) is 11.7 Å². The number of carbonyl (C=O) groups is 1. The Morgan fingerprint density at radius 2 is 2.06 bits per heavy atom. The summed E-state index contributed by atoms with van der Waals surface area (Å²) in [5.74, 6) is 0.313. The molecular weight excluding hydrogens is 272 g/mol. The van der Waals surface area contributed by atoms with Gasteiger partial charge in [-0.3, -0.25) is 0 Å². The summed E-state index contributed by atoms with van der Waals surface area (Å²) in [6.07, 6.45) is 0.644. The van der Waals surface area contributed by atoms with Gasteiger partial charge in [0.1, 0.15) is 6.10 Å². The minimum atomic E-state index is -0.526. The Kier molecular flexibility index (Phi) is 6.30. The summed E-state index contributed by atoms with van der Waals surface area (Å²) >= 11 is 7.85. The van der Waals surface area contributed by atoms with Crippen molar-refractivity contribution < 1.29 is 9.53 Å². The lowest BCUT2D eigenvalue weighted by Crippen LogP contribution is -2.13. The first-order valence-electron chi connectivity index (χ1n) is 5.34. The van der Waals surface area contributed by atoms with Gasteiger partial charge in [0.05, 0.1) is 0 Å². The monoisotopic (exact) mass is 288 g/mol. The van der Waals surface area contributed by atoms with Crippen molar-refractivity contribution >= 4 is 40.4 Å². The summed E-state index contributed by atoms with van der Waals surface area (Å²) in [4.78, 5) is 11.9. The second-order valence-electron chi connectivity index (χ2n) is 3.96. The molecule has 0 aliphatic heterocycles. The third kappa shape index (κ3) is 4.85. The minimum absolute atomic E-state index is 0.132. The number of ether oxygens (including phenoxy) is 1. The first-order chi connectivity index (χ1) is 8.04. The van der Waals surface area contributed by atoms with Crippen LogP contribution in [0.1, 0.15) is 31.7 Å². The van der Waals surface area contributed by atoms with Crippen LogP contribution in [0.5, 0.6) is 0 Å². The molecular formula is C12H16O2S3. The van der Waals surface area contributed by atoms with Crippen molar-refractivity contribution in [1.82, 2.24) is 0 Å². The molecule has 94 valence electrons. The van der Waals surface area contributed by atoms with Gasteiger partial charge in [-0.2, -0.15) is 0 Å². The molecule has 0 spiro atoms. The zero-order chi connectivity index (χ0) is 12.8. The third-order valence-corrected chi connectivity index (χ3v) is 3.80. The number of benzene rings is 1. The van der Waals surface area contributed by atoms with Crippen molar-refractivity contribution in [3.05, 3.63) is 29.8 Å². The van der Waals surface area contributed by atoms with Gasteiger partial charge in [0.15, 0.2) is 0 Å². The van der Waals surface area contributed by atoms with E-state index in [1.54, 1.807) is 0 Å². The highest BCUT2D eigenvalue weighted by atomic mass is 33.1. The van der Waals surface area contributed by atoms with Gasteiger partial charge >= 0.3 is 5.30 Å². The molecule has 0 saturated heterocycles. The lowest BCUT2D eigenvalue weighted by molar-refractivity contribution is 0.124. The van der Waals surface area contributed by atoms with Crippen LogP contribution in [0.4, 0.5) is 4.79 Å². The van der Waals surface area contributed by atoms with Gasteiger partial charge in [-0.1, -0.05) is 48.5 Å². The highest BCUT2D eigenvalue weighted by Gasteiger charge is 2.15. The summed E-state index contributed by atoms with van der Waals surface area (Å²) in [6, 6.07) is 8.12. The Labute approximate surface area is 117 Å². The molecule has 0 N–H and O–H groups in total. The fourth-order valence-corrected chi connectivity index (χ4v) is 3.01. The molecule has 1 aromatic carbocycles.